The molecule has 0 aliphatic carbocycles. The van der Waals surface area contributed by atoms with Crippen molar-refractivity contribution in [3.8, 4) is 0 Å². The molecular formula is C17H21F6N7OS. The minimum atomic E-state index is -4.55. The van der Waals surface area contributed by atoms with Gasteiger partial charge in [0, 0.05) is 45.2 Å². The molecule has 2 aliphatic heterocycles. The summed E-state index contributed by atoms with van der Waals surface area (Å²) in [6.45, 7) is 2.97. The minimum absolute atomic E-state index is 0.0717. The maximum Gasteiger partial charge on any atom is 0.445 e. The predicted molar refractivity (Wildman–Crippen MR) is 103 cm³/mol. The summed E-state index contributed by atoms with van der Waals surface area (Å²) < 4.78 is 84.5. The van der Waals surface area contributed by atoms with Crippen molar-refractivity contribution in [1.29, 1.82) is 0 Å². The van der Waals surface area contributed by atoms with Gasteiger partial charge in [-0.2, -0.15) is 26.3 Å². The second-order valence-corrected chi connectivity index (χ2v) is 8.72. The van der Waals surface area contributed by atoms with Crippen molar-refractivity contribution in [2.45, 2.75) is 38.2 Å². The van der Waals surface area contributed by atoms with E-state index in [9.17, 15) is 26.3 Å². The summed E-state index contributed by atoms with van der Waals surface area (Å²) in [5.74, 6) is 0.257. The lowest BCUT2D eigenvalue weighted by atomic mass is 10.1. The van der Waals surface area contributed by atoms with Crippen LogP contribution in [0.3, 0.4) is 0 Å². The van der Waals surface area contributed by atoms with Crippen LogP contribution >= 0.6 is 11.3 Å². The highest BCUT2D eigenvalue weighted by molar-refractivity contribution is 7.15. The molecule has 4 rings (SSSR count). The van der Waals surface area contributed by atoms with Gasteiger partial charge in [0.15, 0.2) is 0 Å². The Morgan fingerprint density at radius 2 is 1.69 bits per heavy atom. The summed E-state index contributed by atoms with van der Waals surface area (Å²) in [5, 5.41) is 13.9. The fourth-order valence-corrected chi connectivity index (χ4v) is 4.57. The number of rotatable bonds is 5. The number of nitrogens with zero attached hydrogens (tertiary/aromatic N) is 7. The van der Waals surface area contributed by atoms with Crippen molar-refractivity contribution < 1.29 is 31.1 Å². The molecule has 1 atom stereocenters. The van der Waals surface area contributed by atoms with Crippen LogP contribution in [0.25, 0.3) is 0 Å². The fraction of sp³-hybridized carbons (Fsp3) is 0.765. The Bertz CT molecular complexity index is 908. The highest BCUT2D eigenvalue weighted by Crippen LogP contribution is 2.35. The molecular weight excluding hydrogens is 464 g/mol. The van der Waals surface area contributed by atoms with E-state index in [1.807, 2.05) is 4.90 Å². The van der Waals surface area contributed by atoms with Crippen molar-refractivity contribution in [3.63, 3.8) is 0 Å². The number of halogens is 6. The van der Waals surface area contributed by atoms with Crippen LogP contribution in [0.4, 0.5) is 37.4 Å². The first-order chi connectivity index (χ1) is 15.1. The largest absolute Gasteiger partial charge is 0.445 e. The van der Waals surface area contributed by atoms with Gasteiger partial charge in [-0.05, 0) is 12.8 Å². The maximum atomic E-state index is 13.1. The molecule has 0 amide bonds. The molecule has 2 aromatic rings. The Kier molecular flexibility index (Phi) is 6.47. The van der Waals surface area contributed by atoms with Gasteiger partial charge in [-0.25, -0.2) is 0 Å². The molecule has 2 aromatic heterocycles. The maximum absolute atomic E-state index is 13.1. The van der Waals surface area contributed by atoms with Gasteiger partial charge in [0.05, 0.1) is 6.61 Å². The van der Waals surface area contributed by atoms with Gasteiger partial charge in [0.2, 0.25) is 16.1 Å². The molecule has 0 saturated carbocycles. The van der Waals surface area contributed by atoms with Crippen molar-refractivity contribution >= 4 is 22.4 Å². The first-order valence-electron chi connectivity index (χ1n) is 10.1. The van der Waals surface area contributed by atoms with Crippen molar-refractivity contribution in [2.75, 3.05) is 49.2 Å². The lowest BCUT2D eigenvalue weighted by molar-refractivity contribution is -0.138. The molecule has 0 N–H and O–H groups in total. The van der Waals surface area contributed by atoms with E-state index in [2.05, 4.69) is 20.4 Å². The van der Waals surface area contributed by atoms with E-state index < -0.39 is 23.8 Å². The molecule has 0 spiro atoms. The molecule has 0 bridgehead atoms. The lowest BCUT2D eigenvalue weighted by Gasteiger charge is -2.24. The average Bonchev–Trinajstić information content (AvgIpc) is 3.42. The van der Waals surface area contributed by atoms with E-state index >= 15 is 0 Å². The summed E-state index contributed by atoms with van der Waals surface area (Å²) in [5.41, 5.74) is 0. The van der Waals surface area contributed by atoms with E-state index in [1.54, 1.807) is 4.90 Å². The van der Waals surface area contributed by atoms with Gasteiger partial charge in [0.25, 0.3) is 0 Å². The van der Waals surface area contributed by atoms with Crippen LogP contribution in [-0.4, -0.2) is 70.5 Å². The van der Waals surface area contributed by atoms with Crippen LogP contribution in [0.1, 0.15) is 23.7 Å². The third-order valence-corrected chi connectivity index (χ3v) is 6.37. The van der Waals surface area contributed by atoms with E-state index in [1.165, 1.54) is 4.57 Å². The first kappa shape index (κ1) is 23.0. The van der Waals surface area contributed by atoms with Crippen LogP contribution < -0.4 is 9.80 Å². The number of hydrogen-bond acceptors (Lipinski definition) is 8. The van der Waals surface area contributed by atoms with Crippen molar-refractivity contribution in [2.24, 2.45) is 5.92 Å². The van der Waals surface area contributed by atoms with Crippen LogP contribution in [0, 0.1) is 5.92 Å². The minimum Gasteiger partial charge on any atom is -0.381 e. The van der Waals surface area contributed by atoms with Gasteiger partial charge in [-0.3, -0.25) is 4.57 Å². The zero-order chi connectivity index (χ0) is 22.9. The zero-order valence-electron chi connectivity index (χ0n) is 16.9. The topological polar surface area (TPSA) is 72.2 Å². The standard InChI is InChI=1S/C17H21F6N7OS/c18-16(19,20)8-12-24-26-14(30(12)9-11-2-7-31-10-11)28-3-1-4-29(6-5-28)15-27-25-13(32-15)17(21,22)23/h11H,1-10H2. The van der Waals surface area contributed by atoms with E-state index in [4.69, 9.17) is 4.74 Å². The number of hydrogen-bond donors (Lipinski definition) is 0. The van der Waals surface area contributed by atoms with Crippen molar-refractivity contribution in [3.05, 3.63) is 10.8 Å². The van der Waals surface area contributed by atoms with Crippen LogP contribution in [0.5, 0.6) is 0 Å². The van der Waals surface area contributed by atoms with Crippen molar-refractivity contribution in [1.82, 2.24) is 25.0 Å². The normalized spacial score (nSPS) is 20.8. The molecule has 2 fully saturated rings. The Hall–Kier alpha value is -2.16. The molecule has 178 valence electrons. The molecule has 32 heavy (non-hydrogen) atoms. The van der Waals surface area contributed by atoms with E-state index in [-0.39, 0.29) is 16.9 Å². The van der Waals surface area contributed by atoms with E-state index in [0.717, 1.165) is 6.42 Å². The molecule has 2 saturated heterocycles. The SMILES string of the molecule is FC(F)(F)Cc1nnc(N2CCCN(c3nnc(C(F)(F)F)s3)CC2)n1CC1CCOC1. The molecule has 8 nitrogen and oxygen atoms in total. The highest BCUT2D eigenvalue weighted by Gasteiger charge is 2.37. The highest BCUT2D eigenvalue weighted by atomic mass is 32.1. The van der Waals surface area contributed by atoms with Gasteiger partial charge in [0.1, 0.15) is 12.2 Å². The summed E-state index contributed by atoms with van der Waals surface area (Å²) in [7, 11) is 0. The summed E-state index contributed by atoms with van der Waals surface area (Å²) in [6, 6.07) is 0. The molecule has 2 aliphatic rings. The molecule has 4 heterocycles. The zero-order valence-corrected chi connectivity index (χ0v) is 17.7. The third-order valence-electron chi connectivity index (χ3n) is 5.34. The molecule has 0 aromatic carbocycles. The Morgan fingerprint density at radius 3 is 2.34 bits per heavy atom. The Labute approximate surface area is 183 Å². The monoisotopic (exact) mass is 485 g/mol. The second kappa shape index (κ2) is 9.00. The Balaban J connectivity index is 1.51. The quantitative estimate of drug-likeness (QED) is 0.603. The number of aromatic nitrogens is 5. The molecule has 0 radical (unpaired) electrons. The molecule has 1 unspecified atom stereocenters. The van der Waals surface area contributed by atoms with Gasteiger partial charge < -0.3 is 14.5 Å². The van der Waals surface area contributed by atoms with Gasteiger partial charge in [-0.1, -0.05) is 11.3 Å². The predicted octanol–water partition coefficient (Wildman–Crippen LogP) is 3.01. The summed E-state index contributed by atoms with van der Waals surface area (Å²) in [4.78, 5) is 3.53. The Morgan fingerprint density at radius 1 is 0.938 bits per heavy atom. The lowest BCUT2D eigenvalue weighted by Crippen LogP contribution is -2.33. The second-order valence-electron chi connectivity index (χ2n) is 7.76. The number of ether oxygens (including phenoxy) is 1. The van der Waals surface area contributed by atoms with Gasteiger partial charge in [-0.15, -0.1) is 20.4 Å². The average molecular weight is 485 g/mol. The number of alkyl halides is 6. The van der Waals surface area contributed by atoms with Crippen LogP contribution in [0.2, 0.25) is 0 Å². The summed E-state index contributed by atoms with van der Waals surface area (Å²) >= 11 is 0.476. The molecule has 15 heteroatoms. The smallest absolute Gasteiger partial charge is 0.381 e. The number of anilines is 2. The van der Waals surface area contributed by atoms with Crippen LogP contribution in [0.15, 0.2) is 0 Å². The van der Waals surface area contributed by atoms with E-state index in [0.29, 0.717) is 69.6 Å². The van der Waals surface area contributed by atoms with Gasteiger partial charge >= 0.3 is 12.4 Å². The van der Waals surface area contributed by atoms with Crippen LogP contribution in [-0.2, 0) is 23.9 Å². The third kappa shape index (κ3) is 5.42. The fourth-order valence-electron chi connectivity index (χ4n) is 3.81. The first-order valence-corrected chi connectivity index (χ1v) is 10.9. The summed E-state index contributed by atoms with van der Waals surface area (Å²) in [6.07, 6.45) is -8.84.